The molecular formula is C24H29F2N9O2. The van der Waals surface area contributed by atoms with Crippen LogP contribution in [0.5, 0.6) is 0 Å². The topological polar surface area (TPSA) is 122 Å². The van der Waals surface area contributed by atoms with Gasteiger partial charge in [0.1, 0.15) is 17.2 Å². The number of piperidine rings is 1. The zero-order valence-corrected chi connectivity index (χ0v) is 20.2. The second-order valence-corrected chi connectivity index (χ2v) is 9.94. The Labute approximate surface area is 211 Å². The summed E-state index contributed by atoms with van der Waals surface area (Å²) in [5, 5.41) is 36.4. The van der Waals surface area contributed by atoms with Gasteiger partial charge in [-0.2, -0.15) is 10.2 Å². The first-order valence-electron chi connectivity index (χ1n) is 12.7. The molecule has 37 heavy (non-hydrogen) atoms. The standard InChI is InChI=1S/C24H29F2N9O2/c25-23(26)22-20(13-34(30-22)16-5-3-15(14-36)4-6-16)35-12-19(29-31-35)18-10-27-33-9-7-21(28-24(18)33)32-8-1-2-17(37)11-32/h7,9-10,12-13,15-17,23,36-37H,1-6,8,11,14H2/t15?,16?,17-/m0/s1. The lowest BCUT2D eigenvalue weighted by molar-refractivity contribution is 0.141. The van der Waals surface area contributed by atoms with Crippen LogP contribution >= 0.6 is 0 Å². The molecule has 13 heteroatoms. The summed E-state index contributed by atoms with van der Waals surface area (Å²) in [7, 11) is 0. The van der Waals surface area contributed by atoms with Crippen LogP contribution in [0, 0.1) is 5.92 Å². The second-order valence-electron chi connectivity index (χ2n) is 9.94. The van der Waals surface area contributed by atoms with Crippen molar-refractivity contribution in [3.05, 3.63) is 36.5 Å². The molecule has 196 valence electrons. The summed E-state index contributed by atoms with van der Waals surface area (Å²) in [6.45, 7) is 1.48. The average molecular weight is 514 g/mol. The Morgan fingerprint density at radius 1 is 1.11 bits per heavy atom. The molecule has 0 radical (unpaired) electrons. The number of nitrogens with zero attached hydrogens (tertiary/aromatic N) is 9. The quantitative estimate of drug-likeness (QED) is 0.404. The number of aromatic nitrogens is 8. The predicted octanol–water partition coefficient (Wildman–Crippen LogP) is 2.80. The van der Waals surface area contributed by atoms with Gasteiger partial charge in [0.25, 0.3) is 6.43 Å². The van der Waals surface area contributed by atoms with E-state index in [1.165, 1.54) is 4.68 Å². The van der Waals surface area contributed by atoms with Gasteiger partial charge in [-0.1, -0.05) is 5.21 Å². The number of hydrogen-bond donors (Lipinski definition) is 2. The van der Waals surface area contributed by atoms with E-state index in [0.29, 0.717) is 23.4 Å². The van der Waals surface area contributed by atoms with Gasteiger partial charge < -0.3 is 15.1 Å². The number of β-amino-alcohol motifs (C(OH)–C–C–N with tert-alkyl or cyclic N) is 1. The van der Waals surface area contributed by atoms with Crippen molar-refractivity contribution < 1.29 is 19.0 Å². The fraction of sp³-hybridized carbons (Fsp3) is 0.542. The summed E-state index contributed by atoms with van der Waals surface area (Å²) >= 11 is 0. The number of rotatable bonds is 6. The van der Waals surface area contributed by atoms with Crippen LogP contribution < -0.4 is 4.90 Å². The van der Waals surface area contributed by atoms with Crippen molar-refractivity contribution in [3.8, 4) is 16.9 Å². The van der Waals surface area contributed by atoms with Gasteiger partial charge in [0.15, 0.2) is 11.3 Å². The van der Waals surface area contributed by atoms with E-state index in [1.54, 1.807) is 34.0 Å². The monoisotopic (exact) mass is 513 g/mol. The highest BCUT2D eigenvalue weighted by Gasteiger charge is 2.27. The molecule has 0 aromatic carbocycles. The first-order chi connectivity index (χ1) is 18.0. The molecular weight excluding hydrogens is 484 g/mol. The Hall–Kier alpha value is -3.45. The minimum Gasteiger partial charge on any atom is -0.396 e. The molecule has 1 aliphatic heterocycles. The SMILES string of the molecule is OCC1CCC(n2cc(-n3cc(-c4cnn5ccc(N6CCC[C@H](O)C6)nc45)nn3)c(C(F)F)n2)CC1. The van der Waals surface area contributed by atoms with Crippen molar-refractivity contribution in [1.29, 1.82) is 0 Å². The molecule has 2 fully saturated rings. The van der Waals surface area contributed by atoms with E-state index < -0.39 is 6.43 Å². The molecule has 1 saturated heterocycles. The molecule has 2 aliphatic rings. The number of halogens is 2. The van der Waals surface area contributed by atoms with Crippen LogP contribution in [-0.2, 0) is 0 Å². The van der Waals surface area contributed by atoms with Crippen molar-refractivity contribution in [1.82, 2.24) is 39.4 Å². The first kappa shape index (κ1) is 23.9. The van der Waals surface area contributed by atoms with Crippen molar-refractivity contribution in [2.75, 3.05) is 24.6 Å². The third kappa shape index (κ3) is 4.57. The third-order valence-electron chi connectivity index (χ3n) is 7.49. The second kappa shape index (κ2) is 9.78. The van der Waals surface area contributed by atoms with E-state index in [4.69, 9.17) is 4.98 Å². The first-order valence-corrected chi connectivity index (χ1v) is 12.7. The van der Waals surface area contributed by atoms with Gasteiger partial charge in [-0.3, -0.25) is 4.68 Å². The van der Waals surface area contributed by atoms with Gasteiger partial charge >= 0.3 is 0 Å². The van der Waals surface area contributed by atoms with E-state index in [0.717, 1.165) is 50.9 Å². The highest BCUT2D eigenvalue weighted by molar-refractivity contribution is 5.75. The predicted molar refractivity (Wildman–Crippen MR) is 130 cm³/mol. The minimum atomic E-state index is -2.77. The van der Waals surface area contributed by atoms with Crippen LogP contribution in [0.4, 0.5) is 14.6 Å². The molecule has 2 N–H and O–H groups in total. The summed E-state index contributed by atoms with van der Waals surface area (Å²) in [5.41, 5.74) is 1.49. The summed E-state index contributed by atoms with van der Waals surface area (Å²) in [6, 6.07) is 1.86. The van der Waals surface area contributed by atoms with E-state index in [-0.39, 0.29) is 36.1 Å². The Balaban J connectivity index is 1.30. The van der Waals surface area contributed by atoms with Crippen LogP contribution in [0.1, 0.15) is 56.7 Å². The van der Waals surface area contributed by atoms with Gasteiger partial charge in [0.2, 0.25) is 0 Å². The molecule has 0 unspecified atom stereocenters. The van der Waals surface area contributed by atoms with Crippen LogP contribution in [0.2, 0.25) is 0 Å². The summed E-state index contributed by atoms with van der Waals surface area (Å²) in [5.74, 6) is 0.997. The van der Waals surface area contributed by atoms with Crippen molar-refractivity contribution >= 4 is 11.5 Å². The largest absolute Gasteiger partial charge is 0.396 e. The summed E-state index contributed by atoms with van der Waals surface area (Å²) in [4.78, 5) is 6.80. The Kier molecular flexibility index (Phi) is 6.32. The molecule has 1 saturated carbocycles. The average Bonchev–Trinajstić information content (AvgIpc) is 3.66. The smallest absolute Gasteiger partial charge is 0.284 e. The van der Waals surface area contributed by atoms with Crippen LogP contribution in [0.25, 0.3) is 22.6 Å². The minimum absolute atomic E-state index is 0.00702. The fourth-order valence-corrected chi connectivity index (χ4v) is 5.39. The lowest BCUT2D eigenvalue weighted by Gasteiger charge is -2.30. The lowest BCUT2D eigenvalue weighted by Crippen LogP contribution is -2.38. The van der Waals surface area contributed by atoms with Crippen LogP contribution in [0.15, 0.2) is 30.9 Å². The third-order valence-corrected chi connectivity index (χ3v) is 7.49. The number of aliphatic hydroxyl groups excluding tert-OH is 2. The van der Waals surface area contributed by atoms with E-state index in [1.807, 2.05) is 11.0 Å². The van der Waals surface area contributed by atoms with Crippen LogP contribution in [-0.4, -0.2) is 75.4 Å². The molecule has 1 atom stereocenters. The molecule has 0 bridgehead atoms. The number of alkyl halides is 2. The highest BCUT2D eigenvalue weighted by Crippen LogP contribution is 2.34. The Morgan fingerprint density at radius 3 is 2.70 bits per heavy atom. The Bertz CT molecular complexity index is 1380. The lowest BCUT2D eigenvalue weighted by atomic mass is 9.87. The van der Waals surface area contributed by atoms with Crippen LogP contribution in [0.3, 0.4) is 0 Å². The van der Waals surface area contributed by atoms with Gasteiger partial charge in [-0.05, 0) is 50.5 Å². The molecule has 4 aromatic rings. The maximum atomic E-state index is 13.9. The summed E-state index contributed by atoms with van der Waals surface area (Å²) in [6.07, 6.45) is 8.39. The zero-order chi connectivity index (χ0) is 25.5. The van der Waals surface area contributed by atoms with Gasteiger partial charge in [0, 0.05) is 25.9 Å². The molecule has 4 aromatic heterocycles. The highest BCUT2D eigenvalue weighted by atomic mass is 19.3. The number of hydrogen-bond acceptors (Lipinski definition) is 8. The fourth-order valence-electron chi connectivity index (χ4n) is 5.39. The van der Waals surface area contributed by atoms with Crippen molar-refractivity contribution in [3.63, 3.8) is 0 Å². The normalized spacial score (nSPS) is 22.8. The molecule has 0 amide bonds. The number of aliphatic hydroxyl groups is 2. The molecule has 0 spiro atoms. The van der Waals surface area contributed by atoms with Crippen molar-refractivity contribution in [2.45, 2.75) is 57.1 Å². The molecule has 6 rings (SSSR count). The van der Waals surface area contributed by atoms with Gasteiger partial charge in [0.05, 0.1) is 36.3 Å². The molecule has 11 nitrogen and oxygen atoms in total. The summed E-state index contributed by atoms with van der Waals surface area (Å²) < 4.78 is 32.4. The Morgan fingerprint density at radius 2 is 1.95 bits per heavy atom. The van der Waals surface area contributed by atoms with Crippen molar-refractivity contribution in [2.24, 2.45) is 5.92 Å². The number of anilines is 1. The van der Waals surface area contributed by atoms with Gasteiger partial charge in [-0.25, -0.2) is 23.0 Å². The molecule has 5 heterocycles. The van der Waals surface area contributed by atoms with E-state index in [9.17, 15) is 19.0 Å². The molecule has 1 aliphatic carbocycles. The number of fused-ring (bicyclic) bond motifs is 1. The van der Waals surface area contributed by atoms with E-state index >= 15 is 0 Å². The zero-order valence-electron chi connectivity index (χ0n) is 20.2. The maximum Gasteiger partial charge on any atom is 0.284 e. The van der Waals surface area contributed by atoms with Gasteiger partial charge in [-0.15, -0.1) is 5.10 Å². The van der Waals surface area contributed by atoms with E-state index in [2.05, 4.69) is 20.5 Å². The maximum absolute atomic E-state index is 13.9.